The van der Waals surface area contributed by atoms with Crippen molar-refractivity contribution < 1.29 is 9.53 Å². The van der Waals surface area contributed by atoms with E-state index in [2.05, 4.69) is 13.8 Å². The molecule has 3 heteroatoms. The van der Waals surface area contributed by atoms with Crippen LogP contribution in [0.1, 0.15) is 49.0 Å². The Hall–Kier alpha value is -1.51. The van der Waals surface area contributed by atoms with Gasteiger partial charge in [0, 0.05) is 12.1 Å². The molecule has 0 aliphatic carbocycles. The van der Waals surface area contributed by atoms with Gasteiger partial charge in [0.25, 0.3) is 5.91 Å². The van der Waals surface area contributed by atoms with Gasteiger partial charge in [-0.05, 0) is 52.2 Å². The minimum absolute atomic E-state index is 0.0975. The maximum atomic E-state index is 12.8. The first kappa shape index (κ1) is 13.9. The molecular weight excluding hydrogens is 238 g/mol. The minimum atomic E-state index is 0.0975. The first-order valence-electron chi connectivity index (χ1n) is 7.02. The number of piperidine rings is 1. The summed E-state index contributed by atoms with van der Waals surface area (Å²) in [5, 5.41) is 0. The molecule has 1 aromatic carbocycles. The van der Waals surface area contributed by atoms with Crippen molar-refractivity contribution in [2.75, 3.05) is 7.11 Å². The Morgan fingerprint density at radius 2 is 1.89 bits per heavy atom. The first-order chi connectivity index (χ1) is 9.04. The third kappa shape index (κ3) is 2.75. The zero-order valence-electron chi connectivity index (χ0n) is 12.3. The van der Waals surface area contributed by atoms with Gasteiger partial charge in [-0.25, -0.2) is 0 Å². The average molecular weight is 261 g/mol. The van der Waals surface area contributed by atoms with Gasteiger partial charge in [-0.3, -0.25) is 4.79 Å². The van der Waals surface area contributed by atoms with Crippen LogP contribution in [0.25, 0.3) is 0 Å². The van der Waals surface area contributed by atoms with E-state index >= 15 is 0 Å². The molecule has 0 radical (unpaired) electrons. The third-order valence-electron chi connectivity index (χ3n) is 4.01. The highest BCUT2D eigenvalue weighted by atomic mass is 16.5. The minimum Gasteiger partial charge on any atom is -0.496 e. The van der Waals surface area contributed by atoms with Crippen molar-refractivity contribution in [3.05, 3.63) is 29.3 Å². The molecule has 19 heavy (non-hydrogen) atoms. The smallest absolute Gasteiger partial charge is 0.258 e. The van der Waals surface area contributed by atoms with Gasteiger partial charge in [-0.2, -0.15) is 0 Å². The second kappa shape index (κ2) is 5.64. The SMILES string of the molecule is COc1ccc(C)cc1C(=O)N1C(C)CCCC1C. The van der Waals surface area contributed by atoms with Crippen LogP contribution < -0.4 is 4.74 Å². The largest absolute Gasteiger partial charge is 0.496 e. The Kier molecular flexibility index (Phi) is 4.13. The summed E-state index contributed by atoms with van der Waals surface area (Å²) >= 11 is 0. The number of aryl methyl sites for hydroxylation is 1. The molecule has 1 aliphatic heterocycles. The van der Waals surface area contributed by atoms with Crippen molar-refractivity contribution >= 4 is 5.91 Å². The monoisotopic (exact) mass is 261 g/mol. The van der Waals surface area contributed by atoms with Crippen LogP contribution in [0.5, 0.6) is 5.75 Å². The van der Waals surface area contributed by atoms with Gasteiger partial charge >= 0.3 is 0 Å². The lowest BCUT2D eigenvalue weighted by molar-refractivity contribution is 0.0507. The molecule has 2 atom stereocenters. The molecule has 1 fully saturated rings. The number of carbonyl (C=O) groups excluding carboxylic acids is 1. The highest BCUT2D eigenvalue weighted by molar-refractivity contribution is 5.97. The first-order valence-corrected chi connectivity index (χ1v) is 7.02. The van der Waals surface area contributed by atoms with E-state index in [1.807, 2.05) is 30.0 Å². The molecule has 1 amide bonds. The second-order valence-electron chi connectivity index (χ2n) is 5.55. The molecule has 0 spiro atoms. The summed E-state index contributed by atoms with van der Waals surface area (Å²) in [6, 6.07) is 6.39. The van der Waals surface area contributed by atoms with Crippen molar-refractivity contribution in [3.63, 3.8) is 0 Å². The zero-order chi connectivity index (χ0) is 14.0. The molecule has 0 N–H and O–H groups in total. The number of hydrogen-bond acceptors (Lipinski definition) is 2. The number of ether oxygens (including phenoxy) is 1. The fourth-order valence-electron chi connectivity index (χ4n) is 2.95. The van der Waals surface area contributed by atoms with Crippen LogP contribution in [-0.2, 0) is 0 Å². The molecule has 1 aromatic rings. The quantitative estimate of drug-likeness (QED) is 0.816. The predicted octanol–water partition coefficient (Wildman–Crippen LogP) is 3.41. The normalized spacial score (nSPS) is 23.3. The fraction of sp³-hybridized carbons (Fsp3) is 0.562. The van der Waals surface area contributed by atoms with E-state index in [-0.39, 0.29) is 5.91 Å². The van der Waals surface area contributed by atoms with E-state index in [0.717, 1.165) is 18.4 Å². The van der Waals surface area contributed by atoms with E-state index in [1.165, 1.54) is 6.42 Å². The van der Waals surface area contributed by atoms with Gasteiger partial charge < -0.3 is 9.64 Å². The lowest BCUT2D eigenvalue weighted by Crippen LogP contribution is -2.47. The summed E-state index contributed by atoms with van der Waals surface area (Å²) in [5.74, 6) is 0.765. The summed E-state index contributed by atoms with van der Waals surface area (Å²) in [6.07, 6.45) is 3.38. The highest BCUT2D eigenvalue weighted by Gasteiger charge is 2.30. The van der Waals surface area contributed by atoms with Crippen molar-refractivity contribution in [1.29, 1.82) is 0 Å². The zero-order valence-corrected chi connectivity index (χ0v) is 12.3. The van der Waals surface area contributed by atoms with E-state index in [1.54, 1.807) is 7.11 Å². The molecule has 3 nitrogen and oxygen atoms in total. The van der Waals surface area contributed by atoms with Crippen molar-refractivity contribution in [3.8, 4) is 5.75 Å². The molecule has 1 aliphatic rings. The molecule has 0 saturated carbocycles. The molecule has 104 valence electrons. The Balaban J connectivity index is 2.35. The Morgan fingerprint density at radius 3 is 2.47 bits per heavy atom. The van der Waals surface area contributed by atoms with Crippen LogP contribution in [0.4, 0.5) is 0 Å². The van der Waals surface area contributed by atoms with E-state index in [0.29, 0.717) is 23.4 Å². The lowest BCUT2D eigenvalue weighted by Gasteiger charge is -2.39. The maximum Gasteiger partial charge on any atom is 0.258 e. The Morgan fingerprint density at radius 1 is 1.26 bits per heavy atom. The number of carbonyl (C=O) groups is 1. The Labute approximate surface area is 115 Å². The maximum absolute atomic E-state index is 12.8. The van der Waals surface area contributed by atoms with Crippen LogP contribution in [-0.4, -0.2) is 30.0 Å². The topological polar surface area (TPSA) is 29.5 Å². The van der Waals surface area contributed by atoms with Crippen LogP contribution in [0, 0.1) is 6.92 Å². The number of amides is 1. The van der Waals surface area contributed by atoms with Crippen molar-refractivity contribution in [2.24, 2.45) is 0 Å². The van der Waals surface area contributed by atoms with Gasteiger partial charge in [0.05, 0.1) is 12.7 Å². The summed E-state index contributed by atoms with van der Waals surface area (Å²) in [4.78, 5) is 14.8. The average Bonchev–Trinajstić information content (AvgIpc) is 2.38. The molecule has 0 bridgehead atoms. The Bertz CT molecular complexity index is 460. The van der Waals surface area contributed by atoms with Gasteiger partial charge in [0.2, 0.25) is 0 Å². The number of nitrogens with zero attached hydrogens (tertiary/aromatic N) is 1. The molecule has 1 heterocycles. The number of rotatable bonds is 2. The van der Waals surface area contributed by atoms with Gasteiger partial charge in [0.1, 0.15) is 5.75 Å². The van der Waals surface area contributed by atoms with Crippen LogP contribution in [0.2, 0.25) is 0 Å². The van der Waals surface area contributed by atoms with Crippen LogP contribution in [0.3, 0.4) is 0 Å². The van der Waals surface area contributed by atoms with Crippen molar-refractivity contribution in [1.82, 2.24) is 4.90 Å². The fourth-order valence-corrected chi connectivity index (χ4v) is 2.95. The molecule has 1 saturated heterocycles. The van der Waals surface area contributed by atoms with Gasteiger partial charge in [-0.1, -0.05) is 11.6 Å². The van der Waals surface area contributed by atoms with E-state index in [9.17, 15) is 4.79 Å². The number of likely N-dealkylation sites (tertiary alicyclic amines) is 1. The number of hydrogen-bond donors (Lipinski definition) is 0. The molecule has 0 aromatic heterocycles. The number of benzene rings is 1. The summed E-state index contributed by atoms with van der Waals surface area (Å²) in [5.41, 5.74) is 1.77. The third-order valence-corrected chi connectivity index (χ3v) is 4.01. The van der Waals surface area contributed by atoms with Gasteiger partial charge in [0.15, 0.2) is 0 Å². The summed E-state index contributed by atoms with van der Waals surface area (Å²) in [7, 11) is 1.62. The van der Waals surface area contributed by atoms with Gasteiger partial charge in [-0.15, -0.1) is 0 Å². The highest BCUT2D eigenvalue weighted by Crippen LogP contribution is 2.28. The standard InChI is InChI=1S/C16H23NO2/c1-11-8-9-15(19-4)14(10-11)16(18)17-12(2)6-5-7-13(17)3/h8-10,12-13H,5-7H2,1-4H3. The van der Waals surface area contributed by atoms with Crippen molar-refractivity contribution in [2.45, 2.75) is 52.1 Å². The van der Waals surface area contributed by atoms with E-state index < -0.39 is 0 Å². The number of methoxy groups -OCH3 is 1. The predicted molar refractivity (Wildman–Crippen MR) is 76.7 cm³/mol. The summed E-state index contributed by atoms with van der Waals surface area (Å²) < 4.78 is 5.34. The van der Waals surface area contributed by atoms with E-state index in [4.69, 9.17) is 4.74 Å². The molecular formula is C16H23NO2. The molecule has 2 unspecified atom stereocenters. The second-order valence-corrected chi connectivity index (χ2v) is 5.55. The summed E-state index contributed by atoms with van der Waals surface area (Å²) in [6.45, 7) is 6.27. The lowest BCUT2D eigenvalue weighted by atomic mass is 9.96. The molecule has 2 rings (SSSR count). The van der Waals surface area contributed by atoms with Crippen LogP contribution >= 0.6 is 0 Å². The van der Waals surface area contributed by atoms with Crippen LogP contribution in [0.15, 0.2) is 18.2 Å².